The quantitative estimate of drug-likeness (QED) is 0.887. The van der Waals surface area contributed by atoms with Crippen LogP contribution in [0.25, 0.3) is 0 Å². The van der Waals surface area contributed by atoms with Crippen molar-refractivity contribution < 1.29 is 14.0 Å². The topological polar surface area (TPSA) is 58.5 Å². The summed E-state index contributed by atoms with van der Waals surface area (Å²) in [5.41, 5.74) is 5.17. The molecule has 1 aliphatic carbocycles. The average molecular weight is 376 g/mol. The Morgan fingerprint density at radius 3 is 2.61 bits per heavy atom. The van der Waals surface area contributed by atoms with E-state index in [1.807, 2.05) is 26.0 Å². The number of benzene rings is 2. The summed E-state index contributed by atoms with van der Waals surface area (Å²) in [5, 5.41) is 2.94. The van der Waals surface area contributed by atoms with Gasteiger partial charge in [-0.25, -0.2) is 4.39 Å². The van der Waals surface area contributed by atoms with Crippen LogP contribution in [0.5, 0.6) is 0 Å². The highest BCUT2D eigenvalue weighted by atomic mass is 19.1. The zero-order valence-electron chi connectivity index (χ0n) is 15.8. The van der Waals surface area contributed by atoms with Crippen molar-refractivity contribution in [3.05, 3.63) is 82.2 Å². The Hall–Kier alpha value is -3.08. The third-order valence-electron chi connectivity index (χ3n) is 5.45. The number of rotatable bonds is 3. The third-order valence-corrected chi connectivity index (χ3v) is 5.45. The lowest BCUT2D eigenvalue weighted by atomic mass is 9.74. The molecule has 0 saturated carbocycles. The standard InChI is InChI=1S/C23H21FN2O2/c1-13-4-3-5-16(10-13)23(28)26-22-19(27)11-17-12-25-14(2)20(17)21(22)15-6-8-18(24)9-7-15/h3-10,21-22H,11-12H2,1-2H3,(H,26,28)/t21-,22-/m0/s1. The number of halogens is 1. The first-order valence-corrected chi connectivity index (χ1v) is 9.33. The highest BCUT2D eigenvalue weighted by Crippen LogP contribution is 2.40. The van der Waals surface area contributed by atoms with Gasteiger partial charge in [-0.3, -0.25) is 14.6 Å². The van der Waals surface area contributed by atoms with Gasteiger partial charge in [-0.2, -0.15) is 0 Å². The number of carbonyl (C=O) groups is 2. The van der Waals surface area contributed by atoms with E-state index in [0.29, 0.717) is 12.1 Å². The Labute approximate surface area is 163 Å². The van der Waals surface area contributed by atoms with E-state index in [2.05, 4.69) is 10.3 Å². The summed E-state index contributed by atoms with van der Waals surface area (Å²) in [6, 6.07) is 12.7. The third kappa shape index (κ3) is 3.28. The summed E-state index contributed by atoms with van der Waals surface area (Å²) >= 11 is 0. The van der Waals surface area contributed by atoms with Gasteiger partial charge >= 0.3 is 0 Å². The first-order valence-electron chi connectivity index (χ1n) is 9.33. The van der Waals surface area contributed by atoms with E-state index in [1.54, 1.807) is 24.3 Å². The highest BCUT2D eigenvalue weighted by molar-refractivity contribution is 6.08. The van der Waals surface area contributed by atoms with E-state index in [-0.39, 0.29) is 29.8 Å². The molecule has 0 unspecified atom stereocenters. The van der Waals surface area contributed by atoms with Crippen LogP contribution in [0.4, 0.5) is 4.39 Å². The molecule has 2 atom stereocenters. The minimum atomic E-state index is -0.708. The van der Waals surface area contributed by atoms with E-state index in [4.69, 9.17) is 0 Å². The highest BCUT2D eigenvalue weighted by Gasteiger charge is 2.41. The molecule has 4 nitrogen and oxygen atoms in total. The number of hydrogen-bond donors (Lipinski definition) is 1. The molecule has 2 aliphatic rings. The Kier molecular flexibility index (Phi) is 4.67. The molecule has 1 aliphatic heterocycles. The van der Waals surface area contributed by atoms with Crippen molar-refractivity contribution in [3.63, 3.8) is 0 Å². The van der Waals surface area contributed by atoms with Crippen molar-refractivity contribution in [1.82, 2.24) is 5.32 Å². The summed E-state index contributed by atoms with van der Waals surface area (Å²) in [5.74, 6) is -1.03. The Bertz CT molecular complexity index is 1020. The first kappa shape index (κ1) is 18.3. The van der Waals surface area contributed by atoms with Crippen LogP contribution in [0.1, 0.15) is 40.7 Å². The fourth-order valence-electron chi connectivity index (χ4n) is 4.11. The minimum absolute atomic E-state index is 0.0426. The van der Waals surface area contributed by atoms with Gasteiger partial charge in [-0.15, -0.1) is 0 Å². The summed E-state index contributed by atoms with van der Waals surface area (Å²) in [7, 11) is 0. The summed E-state index contributed by atoms with van der Waals surface area (Å²) in [4.78, 5) is 30.3. The summed E-state index contributed by atoms with van der Waals surface area (Å²) in [6.45, 7) is 4.36. The van der Waals surface area contributed by atoms with Crippen molar-refractivity contribution in [2.45, 2.75) is 32.2 Å². The maximum Gasteiger partial charge on any atom is 0.251 e. The van der Waals surface area contributed by atoms with Crippen LogP contribution in [0.2, 0.25) is 0 Å². The fourth-order valence-corrected chi connectivity index (χ4v) is 4.11. The summed E-state index contributed by atoms with van der Waals surface area (Å²) < 4.78 is 13.5. The molecule has 0 bridgehead atoms. The Morgan fingerprint density at radius 1 is 1.14 bits per heavy atom. The maximum atomic E-state index is 13.5. The molecule has 0 radical (unpaired) electrons. The van der Waals surface area contributed by atoms with Gasteiger partial charge in [-0.05, 0) is 54.8 Å². The first-order chi connectivity index (χ1) is 13.4. The van der Waals surface area contributed by atoms with Crippen molar-refractivity contribution in [1.29, 1.82) is 0 Å². The van der Waals surface area contributed by atoms with Crippen LogP contribution in [-0.2, 0) is 4.79 Å². The lowest BCUT2D eigenvalue weighted by Gasteiger charge is -2.33. The number of nitrogens with one attached hydrogen (secondary N) is 1. The van der Waals surface area contributed by atoms with Gasteiger partial charge in [0.2, 0.25) is 0 Å². The molecule has 142 valence electrons. The number of carbonyl (C=O) groups excluding carboxylic acids is 2. The van der Waals surface area contributed by atoms with E-state index in [9.17, 15) is 14.0 Å². The Balaban J connectivity index is 1.73. The molecule has 0 aromatic heterocycles. The second-order valence-electron chi connectivity index (χ2n) is 7.41. The predicted octanol–water partition coefficient (Wildman–Crippen LogP) is 3.76. The molecule has 4 rings (SSSR count). The van der Waals surface area contributed by atoms with Crippen LogP contribution in [0, 0.1) is 12.7 Å². The monoisotopic (exact) mass is 376 g/mol. The molecule has 28 heavy (non-hydrogen) atoms. The van der Waals surface area contributed by atoms with Crippen molar-refractivity contribution >= 4 is 17.4 Å². The number of aliphatic imine (C=N–C) groups is 1. The van der Waals surface area contributed by atoms with Gasteiger partial charge in [0.15, 0.2) is 5.78 Å². The van der Waals surface area contributed by atoms with E-state index >= 15 is 0 Å². The van der Waals surface area contributed by atoms with Crippen molar-refractivity contribution in [3.8, 4) is 0 Å². The molecule has 0 saturated heterocycles. The lowest BCUT2D eigenvalue weighted by molar-refractivity contribution is -0.121. The fraction of sp³-hybridized carbons (Fsp3) is 0.261. The molecular weight excluding hydrogens is 355 g/mol. The molecular formula is C23H21FN2O2. The predicted molar refractivity (Wildman–Crippen MR) is 106 cm³/mol. The number of Topliss-reactive ketones (excluding diaryl/α,β-unsaturated/α-hetero) is 1. The van der Waals surface area contributed by atoms with Gasteiger partial charge in [0.25, 0.3) is 5.91 Å². The molecule has 2 aromatic rings. The van der Waals surface area contributed by atoms with Crippen molar-refractivity contribution in [2.75, 3.05) is 6.54 Å². The van der Waals surface area contributed by atoms with E-state index in [0.717, 1.165) is 28.0 Å². The van der Waals surface area contributed by atoms with Gasteiger partial charge in [0.05, 0.1) is 12.6 Å². The minimum Gasteiger partial charge on any atom is -0.341 e. The zero-order chi connectivity index (χ0) is 19.8. The van der Waals surface area contributed by atoms with E-state index in [1.165, 1.54) is 12.1 Å². The molecule has 1 N–H and O–H groups in total. The number of amides is 1. The van der Waals surface area contributed by atoms with E-state index < -0.39 is 6.04 Å². The van der Waals surface area contributed by atoms with Crippen LogP contribution in [0.3, 0.4) is 0 Å². The molecule has 1 heterocycles. The Morgan fingerprint density at radius 2 is 1.89 bits per heavy atom. The largest absolute Gasteiger partial charge is 0.341 e. The SMILES string of the molecule is CC1=NCC2=C1[C@H](c1ccc(F)cc1)[C@@H](NC(=O)c1cccc(C)c1)C(=O)C2. The molecule has 2 aromatic carbocycles. The van der Waals surface area contributed by atoms with Gasteiger partial charge in [0.1, 0.15) is 5.82 Å². The van der Waals surface area contributed by atoms with Crippen LogP contribution >= 0.6 is 0 Å². The molecule has 0 spiro atoms. The number of hydrogen-bond acceptors (Lipinski definition) is 3. The summed E-state index contributed by atoms with van der Waals surface area (Å²) in [6.07, 6.45) is 0.284. The second-order valence-corrected chi connectivity index (χ2v) is 7.41. The molecule has 0 fully saturated rings. The van der Waals surface area contributed by atoms with Gasteiger partial charge in [0, 0.05) is 23.6 Å². The van der Waals surface area contributed by atoms with Crippen LogP contribution < -0.4 is 5.32 Å². The zero-order valence-corrected chi connectivity index (χ0v) is 15.8. The molecule has 1 amide bonds. The van der Waals surface area contributed by atoms with Gasteiger partial charge < -0.3 is 5.32 Å². The lowest BCUT2D eigenvalue weighted by Crippen LogP contribution is -2.48. The number of aryl methyl sites for hydroxylation is 1. The van der Waals surface area contributed by atoms with Crippen molar-refractivity contribution in [2.24, 2.45) is 4.99 Å². The second kappa shape index (κ2) is 7.15. The average Bonchev–Trinajstić information content (AvgIpc) is 3.03. The van der Waals surface area contributed by atoms with Crippen LogP contribution in [-0.4, -0.2) is 30.0 Å². The maximum absolute atomic E-state index is 13.5. The van der Waals surface area contributed by atoms with Gasteiger partial charge in [-0.1, -0.05) is 29.8 Å². The number of nitrogens with zero attached hydrogens (tertiary/aromatic N) is 1. The number of ketones is 1. The normalized spacial score (nSPS) is 21.4. The van der Waals surface area contributed by atoms with Crippen LogP contribution in [0.15, 0.2) is 64.7 Å². The smallest absolute Gasteiger partial charge is 0.251 e. The molecule has 5 heteroatoms.